The second-order valence-electron chi connectivity index (χ2n) is 9.28. The van der Waals surface area contributed by atoms with Gasteiger partial charge in [0.25, 0.3) is 0 Å². The number of hydrogen-bond donors (Lipinski definition) is 0. The standard InChI is InChI=1S/3C10H6O8.4La/c3*11-7(12)3-1-4(8(13)14)6(10(17)18)2-5(3)9(15)16;;;;/h3*1-2H,(H,11,12)(H,13,14)(H,15,16)(H,17,18);;;;/q;;;4*+3/p-12. The Bertz CT molecular complexity index is 1690. The van der Waals surface area contributed by atoms with Crippen molar-refractivity contribution >= 4 is 71.6 Å². The van der Waals surface area contributed by atoms with Crippen LogP contribution < -0.4 is 61.3 Å². The Hall–Kier alpha value is -3.92. The van der Waals surface area contributed by atoms with Crippen molar-refractivity contribution < 1.29 is 261 Å². The molecule has 0 aromatic heterocycles. The smallest absolute Gasteiger partial charge is 0.545 e. The molecule has 0 saturated heterocycles. The van der Waals surface area contributed by atoms with Gasteiger partial charge in [0.15, 0.2) is 0 Å². The van der Waals surface area contributed by atoms with Gasteiger partial charge < -0.3 is 119 Å². The Morgan fingerprint density at radius 1 is 0.190 bits per heavy atom. The predicted molar refractivity (Wildman–Crippen MR) is 131 cm³/mol. The van der Waals surface area contributed by atoms with Crippen LogP contribution in [0.25, 0.3) is 0 Å². The van der Waals surface area contributed by atoms with Crippen LogP contribution >= 0.6 is 0 Å². The van der Waals surface area contributed by atoms with E-state index in [0.717, 1.165) is 0 Å². The molecule has 0 bridgehead atoms. The molecule has 0 spiro atoms. The van der Waals surface area contributed by atoms with E-state index in [1.54, 1.807) is 0 Å². The van der Waals surface area contributed by atoms with Crippen molar-refractivity contribution in [2.75, 3.05) is 0 Å². The number of carboxylic acids is 12. The van der Waals surface area contributed by atoms with Gasteiger partial charge in [-0.15, -0.1) is 0 Å². The largest absolute Gasteiger partial charge is 3.00 e. The van der Waals surface area contributed by atoms with Gasteiger partial charge in [0, 0.05) is 66.8 Å². The monoisotopic (exact) mass is 1310 g/mol. The third kappa shape index (κ3) is 16.0. The zero-order valence-corrected chi connectivity index (χ0v) is 42.1. The molecule has 0 atom stereocenters. The molecule has 0 saturated carbocycles. The molecular formula is C30H6La4O24. The Morgan fingerprint density at radius 3 is 0.276 bits per heavy atom. The van der Waals surface area contributed by atoms with E-state index in [9.17, 15) is 119 Å². The topological polar surface area (TPSA) is 482 Å². The molecule has 58 heavy (non-hydrogen) atoms. The van der Waals surface area contributed by atoms with Gasteiger partial charge >= 0.3 is 142 Å². The molecule has 0 radical (unpaired) electrons. The average Bonchev–Trinajstić information content (AvgIpc) is 3.06. The molecule has 28 heteroatoms. The Labute approximate surface area is 430 Å². The summed E-state index contributed by atoms with van der Waals surface area (Å²) in [7, 11) is 0. The molecule has 3 aromatic carbocycles. The molecule has 0 fully saturated rings. The summed E-state index contributed by atoms with van der Waals surface area (Å²) in [6.07, 6.45) is 0. The fraction of sp³-hybridized carbons (Fsp3) is 0. The van der Waals surface area contributed by atoms with E-state index >= 15 is 0 Å². The van der Waals surface area contributed by atoms with E-state index in [1.807, 2.05) is 0 Å². The molecule has 282 valence electrons. The van der Waals surface area contributed by atoms with E-state index in [4.69, 9.17) is 0 Å². The van der Waals surface area contributed by atoms with E-state index < -0.39 is 138 Å². The second kappa shape index (κ2) is 26.2. The Morgan fingerprint density at radius 2 is 0.241 bits per heavy atom. The summed E-state index contributed by atoms with van der Waals surface area (Å²) < 4.78 is 0. The Balaban J connectivity index is -0.000000364. The van der Waals surface area contributed by atoms with Crippen molar-refractivity contribution in [3.05, 3.63) is 103 Å². The molecule has 0 heterocycles. The van der Waals surface area contributed by atoms with Crippen molar-refractivity contribution in [3.8, 4) is 0 Å². The third-order valence-corrected chi connectivity index (χ3v) is 6.11. The number of carboxylic acid groups (broad SMARTS) is 12. The SMILES string of the molecule is O=C([O-])c1cc(C(=O)[O-])c(C(=O)[O-])cc1C(=O)[O-].O=C([O-])c1cc(C(=O)[O-])c(C(=O)[O-])cc1C(=O)[O-].O=C([O-])c1cc(C(=O)[O-])c(C(=O)[O-])cc1C(=O)[O-].[La+3].[La+3].[La+3].[La+3]. The number of benzene rings is 3. The maximum absolute atomic E-state index is 10.6. The van der Waals surface area contributed by atoms with Gasteiger partial charge in [0.2, 0.25) is 0 Å². The van der Waals surface area contributed by atoms with Crippen LogP contribution in [0, 0.1) is 142 Å². The summed E-state index contributed by atoms with van der Waals surface area (Å²) in [6, 6.07) is 1.84. The minimum atomic E-state index is -2.00. The van der Waals surface area contributed by atoms with Gasteiger partial charge in [0.1, 0.15) is 0 Å². The van der Waals surface area contributed by atoms with Gasteiger partial charge in [-0.25, -0.2) is 0 Å². The van der Waals surface area contributed by atoms with Crippen molar-refractivity contribution in [3.63, 3.8) is 0 Å². The van der Waals surface area contributed by atoms with Crippen molar-refractivity contribution in [1.29, 1.82) is 0 Å². The summed E-state index contributed by atoms with van der Waals surface area (Å²) in [4.78, 5) is 127. The van der Waals surface area contributed by atoms with E-state index in [2.05, 4.69) is 0 Å². The predicted octanol–water partition coefficient (Wildman–Crippen LogP) is -14.6. The summed E-state index contributed by atoms with van der Waals surface area (Å²) in [5, 5.41) is 127. The second-order valence-corrected chi connectivity index (χ2v) is 9.28. The molecule has 0 aliphatic rings. The molecule has 3 aromatic rings. The zero-order valence-electron chi connectivity index (χ0n) is 27.6. The van der Waals surface area contributed by atoms with Crippen LogP contribution in [0.4, 0.5) is 0 Å². The fourth-order valence-electron chi connectivity index (χ4n) is 3.83. The van der Waals surface area contributed by atoms with Crippen LogP contribution in [0.2, 0.25) is 0 Å². The number of hydrogen-bond acceptors (Lipinski definition) is 24. The summed E-state index contributed by atoms with van der Waals surface area (Å²) in [6.45, 7) is 0. The van der Waals surface area contributed by atoms with Gasteiger partial charge in [-0.05, 0) is 36.4 Å². The number of carbonyl (C=O) groups excluding carboxylic acids is 12. The summed E-state index contributed by atoms with van der Waals surface area (Å²) in [5.74, 6) is -24.0. The number of rotatable bonds is 12. The molecule has 24 nitrogen and oxygen atoms in total. The third-order valence-electron chi connectivity index (χ3n) is 6.11. The zero-order chi connectivity index (χ0) is 42.1. The minimum absolute atomic E-state index is 0. The molecule has 0 amide bonds. The first-order chi connectivity index (χ1) is 24.8. The van der Waals surface area contributed by atoms with Crippen molar-refractivity contribution in [2.24, 2.45) is 0 Å². The van der Waals surface area contributed by atoms with Crippen LogP contribution in [0.15, 0.2) is 36.4 Å². The number of carbonyl (C=O) groups is 12. The van der Waals surface area contributed by atoms with Crippen LogP contribution in [0.5, 0.6) is 0 Å². The average molecular weight is 1310 g/mol. The van der Waals surface area contributed by atoms with Crippen molar-refractivity contribution in [2.45, 2.75) is 0 Å². The minimum Gasteiger partial charge on any atom is -0.545 e. The Kier molecular flexibility index (Phi) is 27.5. The molecular weight excluding hydrogens is 1300 g/mol. The van der Waals surface area contributed by atoms with Gasteiger partial charge in [0.05, 0.1) is 71.6 Å². The maximum atomic E-state index is 10.6. The normalized spacial score (nSPS) is 9.10. The molecule has 0 unspecified atom stereocenters. The van der Waals surface area contributed by atoms with E-state index in [-0.39, 0.29) is 142 Å². The molecule has 0 N–H and O–H groups in total. The van der Waals surface area contributed by atoms with Gasteiger partial charge in [-0.1, -0.05) is 0 Å². The molecule has 0 aliphatic heterocycles. The van der Waals surface area contributed by atoms with E-state index in [0.29, 0.717) is 36.4 Å². The van der Waals surface area contributed by atoms with Crippen molar-refractivity contribution in [1.82, 2.24) is 0 Å². The van der Waals surface area contributed by atoms with Gasteiger partial charge in [-0.3, -0.25) is 0 Å². The fourth-order valence-corrected chi connectivity index (χ4v) is 3.83. The molecule has 3 rings (SSSR count). The first kappa shape index (κ1) is 60.8. The van der Waals surface area contributed by atoms with Crippen LogP contribution in [-0.2, 0) is 0 Å². The van der Waals surface area contributed by atoms with Crippen LogP contribution in [0.1, 0.15) is 124 Å². The van der Waals surface area contributed by atoms with Gasteiger partial charge in [-0.2, -0.15) is 0 Å². The number of aromatic carboxylic acids is 12. The maximum Gasteiger partial charge on any atom is 3.00 e. The van der Waals surface area contributed by atoms with Crippen LogP contribution in [0.3, 0.4) is 0 Å². The first-order valence-electron chi connectivity index (χ1n) is 12.9. The molecule has 0 aliphatic carbocycles. The quantitative estimate of drug-likeness (QED) is 0.162. The van der Waals surface area contributed by atoms with E-state index in [1.165, 1.54) is 0 Å². The summed E-state index contributed by atoms with van der Waals surface area (Å²) >= 11 is 0. The first-order valence-corrected chi connectivity index (χ1v) is 12.9. The van der Waals surface area contributed by atoms with Crippen LogP contribution in [-0.4, -0.2) is 71.6 Å². The summed E-state index contributed by atoms with van der Waals surface area (Å²) in [5.41, 5.74) is -12.3.